The van der Waals surface area contributed by atoms with E-state index in [2.05, 4.69) is 41.6 Å². The maximum atomic E-state index is 5.62. The van der Waals surface area contributed by atoms with Gasteiger partial charge in [-0.15, -0.1) is 0 Å². The first-order chi connectivity index (χ1) is 9.51. The zero-order chi connectivity index (χ0) is 15.0. The van der Waals surface area contributed by atoms with Crippen LogP contribution in [-0.4, -0.2) is 25.7 Å². The third-order valence-electron chi connectivity index (χ3n) is 2.66. The highest BCUT2D eigenvalue weighted by Crippen LogP contribution is 2.13. The SMILES string of the molecule is CN=C(NCc1ccc(OC(C)C)cc1)NCC(C)C. The lowest BCUT2D eigenvalue weighted by Gasteiger charge is -2.14. The van der Waals surface area contributed by atoms with E-state index in [9.17, 15) is 0 Å². The van der Waals surface area contributed by atoms with Crippen molar-refractivity contribution in [3.63, 3.8) is 0 Å². The first kappa shape index (κ1) is 16.3. The van der Waals surface area contributed by atoms with Gasteiger partial charge in [0.25, 0.3) is 0 Å². The first-order valence-corrected chi connectivity index (χ1v) is 7.21. The lowest BCUT2D eigenvalue weighted by Crippen LogP contribution is -2.38. The second-order valence-electron chi connectivity index (χ2n) is 5.51. The van der Waals surface area contributed by atoms with E-state index in [-0.39, 0.29) is 6.10 Å². The van der Waals surface area contributed by atoms with Crippen LogP contribution in [0, 0.1) is 5.92 Å². The minimum atomic E-state index is 0.207. The van der Waals surface area contributed by atoms with Crippen LogP contribution in [0.15, 0.2) is 29.3 Å². The third kappa shape index (κ3) is 6.45. The van der Waals surface area contributed by atoms with Crippen molar-refractivity contribution >= 4 is 5.96 Å². The van der Waals surface area contributed by atoms with Crippen LogP contribution in [0.3, 0.4) is 0 Å². The molecular weight excluding hydrogens is 250 g/mol. The summed E-state index contributed by atoms with van der Waals surface area (Å²) < 4.78 is 5.62. The van der Waals surface area contributed by atoms with Gasteiger partial charge in [-0.1, -0.05) is 26.0 Å². The molecule has 0 aliphatic heterocycles. The fourth-order valence-corrected chi connectivity index (χ4v) is 1.67. The highest BCUT2D eigenvalue weighted by molar-refractivity contribution is 5.79. The zero-order valence-electron chi connectivity index (χ0n) is 13.2. The molecule has 0 saturated heterocycles. The molecule has 0 aliphatic rings. The Balaban J connectivity index is 2.44. The predicted octanol–water partition coefficient (Wildman–Crippen LogP) is 2.79. The summed E-state index contributed by atoms with van der Waals surface area (Å²) in [5.41, 5.74) is 1.20. The Morgan fingerprint density at radius 2 is 1.75 bits per heavy atom. The van der Waals surface area contributed by atoms with Crippen LogP contribution in [0.2, 0.25) is 0 Å². The van der Waals surface area contributed by atoms with Gasteiger partial charge in [-0.2, -0.15) is 0 Å². The molecule has 1 aromatic rings. The van der Waals surface area contributed by atoms with E-state index < -0.39 is 0 Å². The van der Waals surface area contributed by atoms with Crippen molar-refractivity contribution in [1.29, 1.82) is 0 Å². The average molecular weight is 277 g/mol. The Hall–Kier alpha value is -1.71. The van der Waals surface area contributed by atoms with Crippen LogP contribution in [-0.2, 0) is 6.54 Å². The summed E-state index contributed by atoms with van der Waals surface area (Å²) in [5.74, 6) is 2.34. The molecule has 2 N–H and O–H groups in total. The van der Waals surface area contributed by atoms with Crippen molar-refractivity contribution < 1.29 is 4.74 Å². The second kappa shape index (κ2) is 8.46. The molecule has 0 heterocycles. The summed E-state index contributed by atoms with van der Waals surface area (Å²) in [6.45, 7) is 10.1. The first-order valence-electron chi connectivity index (χ1n) is 7.21. The van der Waals surface area contributed by atoms with Crippen molar-refractivity contribution in [3.8, 4) is 5.75 Å². The number of ether oxygens (including phenoxy) is 1. The van der Waals surface area contributed by atoms with E-state index >= 15 is 0 Å². The average Bonchev–Trinajstić information content (AvgIpc) is 2.40. The monoisotopic (exact) mass is 277 g/mol. The van der Waals surface area contributed by atoms with Crippen molar-refractivity contribution in [3.05, 3.63) is 29.8 Å². The topological polar surface area (TPSA) is 45.7 Å². The van der Waals surface area contributed by atoms with Gasteiger partial charge < -0.3 is 15.4 Å². The van der Waals surface area contributed by atoms with Gasteiger partial charge in [-0.25, -0.2) is 0 Å². The largest absolute Gasteiger partial charge is 0.491 e. The number of hydrogen-bond donors (Lipinski definition) is 2. The number of rotatable bonds is 6. The summed E-state index contributed by atoms with van der Waals surface area (Å²) in [6, 6.07) is 8.14. The maximum absolute atomic E-state index is 5.62. The molecule has 112 valence electrons. The molecule has 0 saturated carbocycles. The maximum Gasteiger partial charge on any atom is 0.191 e. The van der Waals surface area contributed by atoms with Crippen LogP contribution < -0.4 is 15.4 Å². The zero-order valence-corrected chi connectivity index (χ0v) is 13.2. The van der Waals surface area contributed by atoms with Gasteiger partial charge >= 0.3 is 0 Å². The van der Waals surface area contributed by atoms with Gasteiger partial charge in [0, 0.05) is 20.1 Å². The second-order valence-corrected chi connectivity index (χ2v) is 5.51. The summed E-state index contributed by atoms with van der Waals surface area (Å²) in [6.07, 6.45) is 0.207. The Bertz CT molecular complexity index is 410. The highest BCUT2D eigenvalue weighted by Gasteiger charge is 2.01. The van der Waals surface area contributed by atoms with E-state index in [1.54, 1.807) is 7.05 Å². The van der Waals surface area contributed by atoms with Crippen molar-refractivity contribution in [2.75, 3.05) is 13.6 Å². The Morgan fingerprint density at radius 3 is 2.25 bits per heavy atom. The lowest BCUT2D eigenvalue weighted by molar-refractivity contribution is 0.242. The molecular formula is C16H27N3O. The van der Waals surface area contributed by atoms with E-state index in [0.29, 0.717) is 5.92 Å². The van der Waals surface area contributed by atoms with Crippen molar-refractivity contribution in [1.82, 2.24) is 10.6 Å². The smallest absolute Gasteiger partial charge is 0.191 e. The van der Waals surface area contributed by atoms with Crippen LogP contribution >= 0.6 is 0 Å². The molecule has 0 spiro atoms. The fourth-order valence-electron chi connectivity index (χ4n) is 1.67. The quantitative estimate of drug-likeness (QED) is 0.621. The van der Waals surface area contributed by atoms with Gasteiger partial charge in [0.05, 0.1) is 6.10 Å². The van der Waals surface area contributed by atoms with Gasteiger partial charge in [0.15, 0.2) is 5.96 Å². The highest BCUT2D eigenvalue weighted by atomic mass is 16.5. The molecule has 0 bridgehead atoms. The van der Waals surface area contributed by atoms with Crippen LogP contribution in [0.4, 0.5) is 0 Å². The summed E-state index contributed by atoms with van der Waals surface area (Å²) in [5, 5.41) is 6.59. The number of nitrogens with one attached hydrogen (secondary N) is 2. The van der Waals surface area contributed by atoms with Gasteiger partial charge in [-0.3, -0.25) is 4.99 Å². The molecule has 1 aromatic carbocycles. The molecule has 4 heteroatoms. The van der Waals surface area contributed by atoms with Gasteiger partial charge in [0.1, 0.15) is 5.75 Å². The molecule has 0 radical (unpaired) electrons. The summed E-state index contributed by atoms with van der Waals surface area (Å²) in [4.78, 5) is 4.20. The van der Waals surface area contributed by atoms with E-state index in [4.69, 9.17) is 4.74 Å². The number of aliphatic imine (C=N–C) groups is 1. The van der Waals surface area contributed by atoms with Crippen molar-refractivity contribution in [2.24, 2.45) is 10.9 Å². The molecule has 1 rings (SSSR count). The minimum absolute atomic E-state index is 0.207. The summed E-state index contributed by atoms with van der Waals surface area (Å²) >= 11 is 0. The number of benzene rings is 1. The van der Waals surface area contributed by atoms with Gasteiger partial charge in [-0.05, 0) is 37.5 Å². The minimum Gasteiger partial charge on any atom is -0.491 e. The standard InChI is InChI=1S/C16H27N3O/c1-12(2)10-18-16(17-5)19-11-14-6-8-15(9-7-14)20-13(3)4/h6-9,12-13H,10-11H2,1-5H3,(H2,17,18,19). The van der Waals surface area contributed by atoms with E-state index in [1.165, 1.54) is 5.56 Å². The Morgan fingerprint density at radius 1 is 1.10 bits per heavy atom. The predicted molar refractivity (Wildman–Crippen MR) is 85.2 cm³/mol. The molecule has 0 amide bonds. The van der Waals surface area contributed by atoms with Gasteiger partial charge in [0.2, 0.25) is 0 Å². The van der Waals surface area contributed by atoms with Crippen LogP contribution in [0.5, 0.6) is 5.75 Å². The molecule has 0 atom stereocenters. The molecule has 4 nitrogen and oxygen atoms in total. The molecule has 0 unspecified atom stereocenters. The van der Waals surface area contributed by atoms with Crippen LogP contribution in [0.1, 0.15) is 33.3 Å². The van der Waals surface area contributed by atoms with Crippen LogP contribution in [0.25, 0.3) is 0 Å². The Labute approximate surface area is 122 Å². The van der Waals surface area contributed by atoms with E-state index in [0.717, 1.165) is 24.8 Å². The fraction of sp³-hybridized carbons (Fsp3) is 0.562. The lowest BCUT2D eigenvalue weighted by atomic mass is 10.2. The molecule has 0 aromatic heterocycles. The number of nitrogens with zero attached hydrogens (tertiary/aromatic N) is 1. The number of guanidine groups is 1. The summed E-state index contributed by atoms with van der Waals surface area (Å²) in [7, 11) is 1.79. The molecule has 0 fully saturated rings. The number of hydrogen-bond acceptors (Lipinski definition) is 2. The molecule has 20 heavy (non-hydrogen) atoms. The van der Waals surface area contributed by atoms with E-state index in [1.807, 2.05) is 26.0 Å². The third-order valence-corrected chi connectivity index (χ3v) is 2.66. The van der Waals surface area contributed by atoms with Crippen molar-refractivity contribution in [2.45, 2.75) is 40.3 Å². The Kier molecular flexibility index (Phi) is 6.91. The normalized spacial score (nSPS) is 11.8. The molecule has 0 aliphatic carbocycles.